The summed E-state index contributed by atoms with van der Waals surface area (Å²) in [6.07, 6.45) is 8.11. The molecule has 2 unspecified atom stereocenters. The van der Waals surface area contributed by atoms with Gasteiger partial charge in [-0.15, -0.1) is 0 Å². The van der Waals surface area contributed by atoms with E-state index in [0.29, 0.717) is 6.04 Å². The first-order valence-corrected chi connectivity index (χ1v) is 7.26. The van der Waals surface area contributed by atoms with Crippen LogP contribution in [0.25, 0.3) is 0 Å². The Balaban J connectivity index is 1.78. The Hall–Kier alpha value is -1.36. The van der Waals surface area contributed by atoms with Crippen molar-refractivity contribution in [3.8, 4) is 0 Å². The van der Waals surface area contributed by atoms with E-state index in [-0.39, 0.29) is 5.92 Å². The maximum absolute atomic E-state index is 11.3. The van der Waals surface area contributed by atoms with Gasteiger partial charge >= 0.3 is 5.97 Å². The summed E-state index contributed by atoms with van der Waals surface area (Å²) < 4.78 is 2.14. The molecule has 0 amide bonds. The SMILES string of the molecule is O=C(O)C1CCCn2c1cnc2CC1CCCCN1. The van der Waals surface area contributed by atoms with E-state index in [0.717, 1.165) is 43.9 Å². The molecule has 2 aliphatic rings. The Morgan fingerprint density at radius 1 is 1.42 bits per heavy atom. The Labute approximate surface area is 113 Å². The monoisotopic (exact) mass is 263 g/mol. The molecule has 0 saturated carbocycles. The molecule has 5 nitrogen and oxygen atoms in total. The largest absolute Gasteiger partial charge is 0.481 e. The standard InChI is InChI=1S/C14H21N3O2/c18-14(19)11-5-3-7-17-12(11)9-16-13(17)8-10-4-1-2-6-15-10/h9-11,15H,1-8H2,(H,18,19). The van der Waals surface area contributed by atoms with Gasteiger partial charge in [0.05, 0.1) is 11.6 Å². The van der Waals surface area contributed by atoms with Gasteiger partial charge in [0, 0.05) is 25.2 Å². The van der Waals surface area contributed by atoms with E-state index in [1.54, 1.807) is 6.20 Å². The maximum atomic E-state index is 11.3. The zero-order valence-corrected chi connectivity index (χ0v) is 11.1. The Kier molecular flexibility index (Phi) is 3.55. The molecule has 2 N–H and O–H groups in total. The predicted molar refractivity (Wildman–Crippen MR) is 71.2 cm³/mol. The summed E-state index contributed by atoms with van der Waals surface area (Å²) in [5.74, 6) is -0.0298. The van der Waals surface area contributed by atoms with Crippen molar-refractivity contribution < 1.29 is 9.90 Å². The fraction of sp³-hybridized carbons (Fsp3) is 0.714. The van der Waals surface area contributed by atoms with E-state index in [4.69, 9.17) is 0 Å². The zero-order chi connectivity index (χ0) is 13.2. The lowest BCUT2D eigenvalue weighted by Crippen LogP contribution is -2.36. The number of carboxylic acids is 1. The van der Waals surface area contributed by atoms with Crippen molar-refractivity contribution in [1.82, 2.24) is 14.9 Å². The van der Waals surface area contributed by atoms with Crippen LogP contribution in [0.1, 0.15) is 49.5 Å². The lowest BCUT2D eigenvalue weighted by Gasteiger charge is -2.26. The van der Waals surface area contributed by atoms with E-state index in [1.807, 2.05) is 0 Å². The van der Waals surface area contributed by atoms with E-state index in [9.17, 15) is 9.90 Å². The molecular weight excluding hydrogens is 242 g/mol. The van der Waals surface area contributed by atoms with Gasteiger partial charge < -0.3 is 15.0 Å². The first kappa shape index (κ1) is 12.7. The second-order valence-corrected chi connectivity index (χ2v) is 5.63. The normalized spacial score (nSPS) is 26.9. The molecule has 104 valence electrons. The molecule has 0 aromatic carbocycles. The van der Waals surface area contributed by atoms with Crippen LogP contribution in [-0.2, 0) is 17.8 Å². The molecule has 0 spiro atoms. The molecule has 1 aromatic heterocycles. The predicted octanol–water partition coefficient (Wildman–Crippen LogP) is 1.53. The molecule has 19 heavy (non-hydrogen) atoms. The fourth-order valence-electron chi connectivity index (χ4n) is 3.30. The lowest BCUT2D eigenvalue weighted by molar-refractivity contribution is -0.139. The van der Waals surface area contributed by atoms with Crippen LogP contribution in [0.4, 0.5) is 0 Å². The molecule has 0 bridgehead atoms. The van der Waals surface area contributed by atoms with Crippen LogP contribution >= 0.6 is 0 Å². The third-order valence-corrected chi connectivity index (χ3v) is 4.34. The van der Waals surface area contributed by atoms with Crippen LogP contribution in [0.3, 0.4) is 0 Å². The maximum Gasteiger partial charge on any atom is 0.312 e. The second kappa shape index (κ2) is 5.33. The average Bonchev–Trinajstić information content (AvgIpc) is 2.83. The van der Waals surface area contributed by atoms with Crippen LogP contribution < -0.4 is 5.32 Å². The van der Waals surface area contributed by atoms with Gasteiger partial charge in [-0.2, -0.15) is 0 Å². The van der Waals surface area contributed by atoms with Crippen molar-refractivity contribution in [1.29, 1.82) is 0 Å². The summed E-state index contributed by atoms with van der Waals surface area (Å²) in [7, 11) is 0. The van der Waals surface area contributed by atoms with Crippen molar-refractivity contribution in [3.05, 3.63) is 17.7 Å². The summed E-state index contributed by atoms with van der Waals surface area (Å²) in [4.78, 5) is 15.7. The number of fused-ring (bicyclic) bond motifs is 1. The summed E-state index contributed by atoms with van der Waals surface area (Å²) in [5, 5.41) is 12.8. The molecule has 1 saturated heterocycles. The number of aliphatic carboxylic acids is 1. The zero-order valence-electron chi connectivity index (χ0n) is 11.1. The van der Waals surface area contributed by atoms with Crippen LogP contribution in [0.15, 0.2) is 6.20 Å². The number of rotatable bonds is 3. The molecule has 5 heteroatoms. The molecule has 1 aromatic rings. The molecule has 1 fully saturated rings. The fourth-order valence-corrected chi connectivity index (χ4v) is 3.30. The molecule has 3 rings (SSSR count). The smallest absolute Gasteiger partial charge is 0.312 e. The second-order valence-electron chi connectivity index (χ2n) is 5.63. The molecule has 2 aliphatic heterocycles. The number of nitrogens with one attached hydrogen (secondary N) is 1. The number of hydrogen-bond acceptors (Lipinski definition) is 3. The van der Waals surface area contributed by atoms with Gasteiger partial charge in [0.2, 0.25) is 0 Å². The summed E-state index contributed by atoms with van der Waals surface area (Å²) in [6, 6.07) is 0.505. The van der Waals surface area contributed by atoms with Gasteiger partial charge in [-0.3, -0.25) is 4.79 Å². The van der Waals surface area contributed by atoms with Gasteiger partial charge in [-0.05, 0) is 32.2 Å². The van der Waals surface area contributed by atoms with Crippen molar-refractivity contribution in [2.45, 2.75) is 57.0 Å². The van der Waals surface area contributed by atoms with Crippen LogP contribution in [0, 0.1) is 0 Å². The summed E-state index contributed by atoms with van der Waals surface area (Å²) in [6.45, 7) is 2.01. The van der Waals surface area contributed by atoms with Crippen molar-refractivity contribution in [2.24, 2.45) is 0 Å². The number of carboxylic acid groups (broad SMARTS) is 1. The van der Waals surface area contributed by atoms with Crippen molar-refractivity contribution in [2.75, 3.05) is 6.54 Å². The topological polar surface area (TPSA) is 67.1 Å². The highest BCUT2D eigenvalue weighted by molar-refractivity contribution is 5.75. The Morgan fingerprint density at radius 2 is 2.32 bits per heavy atom. The Morgan fingerprint density at radius 3 is 3.05 bits per heavy atom. The number of carbonyl (C=O) groups is 1. The van der Waals surface area contributed by atoms with Gasteiger partial charge in [-0.25, -0.2) is 4.98 Å². The molecule has 2 atom stereocenters. The highest BCUT2D eigenvalue weighted by atomic mass is 16.4. The third-order valence-electron chi connectivity index (χ3n) is 4.34. The van der Waals surface area contributed by atoms with Crippen LogP contribution in [0.5, 0.6) is 0 Å². The average molecular weight is 263 g/mol. The van der Waals surface area contributed by atoms with Gasteiger partial charge in [0.25, 0.3) is 0 Å². The first-order chi connectivity index (χ1) is 9.25. The van der Waals surface area contributed by atoms with Crippen LogP contribution in [0.2, 0.25) is 0 Å². The van der Waals surface area contributed by atoms with E-state index in [2.05, 4.69) is 14.9 Å². The molecule has 0 aliphatic carbocycles. The lowest BCUT2D eigenvalue weighted by atomic mass is 9.96. The highest BCUT2D eigenvalue weighted by Gasteiger charge is 2.29. The van der Waals surface area contributed by atoms with Gasteiger partial charge in [0.15, 0.2) is 0 Å². The van der Waals surface area contributed by atoms with Crippen LogP contribution in [-0.4, -0.2) is 33.2 Å². The summed E-state index contributed by atoms with van der Waals surface area (Å²) >= 11 is 0. The molecule has 0 radical (unpaired) electrons. The van der Waals surface area contributed by atoms with E-state index < -0.39 is 5.97 Å². The van der Waals surface area contributed by atoms with E-state index in [1.165, 1.54) is 19.3 Å². The van der Waals surface area contributed by atoms with Gasteiger partial charge in [-0.1, -0.05) is 6.42 Å². The van der Waals surface area contributed by atoms with E-state index >= 15 is 0 Å². The molecule has 3 heterocycles. The summed E-state index contributed by atoms with van der Waals surface area (Å²) in [5.41, 5.74) is 0.893. The molecular formula is C14H21N3O2. The third kappa shape index (κ3) is 2.52. The Bertz CT molecular complexity index is 463. The van der Waals surface area contributed by atoms with Gasteiger partial charge in [0.1, 0.15) is 5.82 Å². The number of piperidine rings is 1. The highest BCUT2D eigenvalue weighted by Crippen LogP contribution is 2.29. The minimum Gasteiger partial charge on any atom is -0.481 e. The number of hydrogen-bond donors (Lipinski definition) is 2. The van der Waals surface area contributed by atoms with Crippen molar-refractivity contribution >= 4 is 5.97 Å². The number of nitrogens with zero attached hydrogens (tertiary/aromatic N) is 2. The minimum absolute atomic E-state index is 0.366. The quantitative estimate of drug-likeness (QED) is 0.868. The first-order valence-electron chi connectivity index (χ1n) is 7.26. The number of aromatic nitrogens is 2. The van der Waals surface area contributed by atoms with Crippen molar-refractivity contribution in [3.63, 3.8) is 0 Å². The minimum atomic E-state index is -0.719. The number of imidazole rings is 1.